The summed E-state index contributed by atoms with van der Waals surface area (Å²) in [5, 5.41) is 3.93. The molecule has 0 aromatic heterocycles. The van der Waals surface area contributed by atoms with Crippen molar-refractivity contribution in [2.24, 2.45) is 5.73 Å². The normalized spacial score (nSPS) is 26.4. The standard InChI is InChI=1S/C18H28N2O/c1-21-17-8-7-14-9-10-18(13-19,12-15(14)11-17)20-16-5-3-2-4-6-16/h7-8,11,16,20H,2-6,9-10,12-13,19H2,1H3. The van der Waals surface area contributed by atoms with Crippen LogP contribution in [0, 0.1) is 0 Å². The van der Waals surface area contributed by atoms with Crippen molar-refractivity contribution in [3.63, 3.8) is 0 Å². The van der Waals surface area contributed by atoms with E-state index in [9.17, 15) is 0 Å². The van der Waals surface area contributed by atoms with E-state index < -0.39 is 0 Å². The van der Waals surface area contributed by atoms with Crippen LogP contribution in [0.3, 0.4) is 0 Å². The van der Waals surface area contributed by atoms with Gasteiger partial charge in [0, 0.05) is 18.1 Å². The minimum Gasteiger partial charge on any atom is -0.497 e. The summed E-state index contributed by atoms with van der Waals surface area (Å²) < 4.78 is 5.38. The van der Waals surface area contributed by atoms with Crippen molar-refractivity contribution in [2.75, 3.05) is 13.7 Å². The predicted octanol–water partition coefficient (Wildman–Crippen LogP) is 2.80. The van der Waals surface area contributed by atoms with Crippen molar-refractivity contribution < 1.29 is 4.74 Å². The van der Waals surface area contributed by atoms with Crippen LogP contribution in [-0.2, 0) is 12.8 Å². The highest BCUT2D eigenvalue weighted by atomic mass is 16.5. The molecule has 1 unspecified atom stereocenters. The molecule has 0 spiro atoms. The fourth-order valence-corrected chi connectivity index (χ4v) is 4.00. The zero-order valence-corrected chi connectivity index (χ0v) is 13.2. The number of nitrogens with two attached hydrogens (primary N) is 1. The molecule has 1 aromatic carbocycles. The summed E-state index contributed by atoms with van der Waals surface area (Å²) in [7, 11) is 1.74. The molecule has 0 aliphatic heterocycles. The maximum Gasteiger partial charge on any atom is 0.119 e. The first kappa shape index (κ1) is 14.9. The largest absolute Gasteiger partial charge is 0.497 e. The highest BCUT2D eigenvalue weighted by Gasteiger charge is 2.35. The average Bonchev–Trinajstić information content (AvgIpc) is 2.55. The van der Waals surface area contributed by atoms with Crippen molar-refractivity contribution >= 4 is 0 Å². The minimum absolute atomic E-state index is 0.0847. The predicted molar refractivity (Wildman–Crippen MR) is 86.8 cm³/mol. The second-order valence-corrected chi connectivity index (χ2v) is 6.78. The molecule has 0 radical (unpaired) electrons. The van der Waals surface area contributed by atoms with Crippen molar-refractivity contribution in [2.45, 2.75) is 62.9 Å². The Morgan fingerprint density at radius 1 is 1.24 bits per heavy atom. The second kappa shape index (κ2) is 6.37. The molecule has 2 aliphatic carbocycles. The quantitative estimate of drug-likeness (QED) is 0.895. The highest BCUT2D eigenvalue weighted by molar-refractivity contribution is 5.39. The number of benzene rings is 1. The molecule has 1 saturated carbocycles. The van der Waals surface area contributed by atoms with Crippen LogP contribution in [0.4, 0.5) is 0 Å². The molecule has 0 bridgehead atoms. The van der Waals surface area contributed by atoms with Crippen LogP contribution >= 0.6 is 0 Å². The number of hydrogen-bond donors (Lipinski definition) is 2. The van der Waals surface area contributed by atoms with Gasteiger partial charge in [-0.3, -0.25) is 0 Å². The van der Waals surface area contributed by atoms with E-state index in [1.54, 1.807) is 7.11 Å². The fourth-order valence-electron chi connectivity index (χ4n) is 4.00. The summed E-state index contributed by atoms with van der Waals surface area (Å²) >= 11 is 0. The van der Waals surface area contributed by atoms with Gasteiger partial charge in [0.1, 0.15) is 5.75 Å². The van der Waals surface area contributed by atoms with Crippen LogP contribution in [0.1, 0.15) is 49.7 Å². The van der Waals surface area contributed by atoms with Gasteiger partial charge in [-0.05, 0) is 55.4 Å². The Morgan fingerprint density at radius 2 is 2.05 bits per heavy atom. The van der Waals surface area contributed by atoms with E-state index in [1.807, 2.05) is 0 Å². The first-order valence-electron chi connectivity index (χ1n) is 8.38. The summed E-state index contributed by atoms with van der Waals surface area (Å²) in [6, 6.07) is 7.15. The van der Waals surface area contributed by atoms with Gasteiger partial charge in [-0.1, -0.05) is 25.3 Å². The van der Waals surface area contributed by atoms with E-state index in [4.69, 9.17) is 10.5 Å². The molecule has 3 N–H and O–H groups in total. The Morgan fingerprint density at radius 3 is 2.76 bits per heavy atom. The highest BCUT2D eigenvalue weighted by Crippen LogP contribution is 2.32. The first-order chi connectivity index (χ1) is 10.2. The minimum atomic E-state index is 0.0847. The van der Waals surface area contributed by atoms with Gasteiger partial charge in [0.2, 0.25) is 0 Å². The van der Waals surface area contributed by atoms with Gasteiger partial charge in [0.15, 0.2) is 0 Å². The summed E-state index contributed by atoms with van der Waals surface area (Å²) in [5.74, 6) is 0.958. The third-order valence-corrected chi connectivity index (χ3v) is 5.32. The molecule has 0 amide bonds. The second-order valence-electron chi connectivity index (χ2n) is 6.78. The number of rotatable bonds is 4. The molecular formula is C18H28N2O. The molecule has 1 aromatic rings. The summed E-state index contributed by atoms with van der Waals surface area (Å²) in [6.45, 7) is 0.722. The summed E-state index contributed by atoms with van der Waals surface area (Å²) in [5.41, 5.74) is 9.15. The van der Waals surface area contributed by atoms with Crippen molar-refractivity contribution in [3.05, 3.63) is 29.3 Å². The lowest BCUT2D eigenvalue weighted by atomic mass is 9.76. The molecule has 1 atom stereocenters. The Labute approximate surface area is 128 Å². The van der Waals surface area contributed by atoms with Crippen LogP contribution in [0.2, 0.25) is 0 Å². The van der Waals surface area contributed by atoms with Gasteiger partial charge in [-0.25, -0.2) is 0 Å². The smallest absolute Gasteiger partial charge is 0.119 e. The van der Waals surface area contributed by atoms with E-state index in [0.29, 0.717) is 6.04 Å². The number of nitrogens with one attached hydrogen (secondary N) is 1. The number of ether oxygens (including phenoxy) is 1. The molecule has 21 heavy (non-hydrogen) atoms. The lowest BCUT2D eigenvalue weighted by Crippen LogP contribution is -2.58. The van der Waals surface area contributed by atoms with E-state index in [-0.39, 0.29) is 5.54 Å². The number of fused-ring (bicyclic) bond motifs is 1. The van der Waals surface area contributed by atoms with E-state index in [1.165, 1.54) is 43.2 Å². The summed E-state index contributed by atoms with van der Waals surface area (Å²) in [4.78, 5) is 0. The zero-order valence-electron chi connectivity index (χ0n) is 13.2. The van der Waals surface area contributed by atoms with Crippen LogP contribution in [-0.4, -0.2) is 25.2 Å². The Hall–Kier alpha value is -1.06. The summed E-state index contributed by atoms with van der Waals surface area (Å²) in [6.07, 6.45) is 10.1. The molecule has 3 heteroatoms. The monoisotopic (exact) mass is 288 g/mol. The molecule has 2 aliphatic rings. The number of methoxy groups -OCH3 is 1. The average molecular weight is 288 g/mol. The van der Waals surface area contributed by atoms with E-state index in [2.05, 4.69) is 23.5 Å². The van der Waals surface area contributed by atoms with Crippen LogP contribution in [0.5, 0.6) is 5.75 Å². The third kappa shape index (κ3) is 3.24. The van der Waals surface area contributed by atoms with E-state index in [0.717, 1.165) is 31.6 Å². The Balaban J connectivity index is 1.76. The van der Waals surface area contributed by atoms with Crippen LogP contribution in [0.25, 0.3) is 0 Å². The number of aryl methyl sites for hydroxylation is 1. The molecule has 0 heterocycles. The lowest BCUT2D eigenvalue weighted by Gasteiger charge is -2.42. The van der Waals surface area contributed by atoms with Gasteiger partial charge >= 0.3 is 0 Å². The maximum atomic E-state index is 6.19. The van der Waals surface area contributed by atoms with E-state index >= 15 is 0 Å². The van der Waals surface area contributed by atoms with Crippen molar-refractivity contribution in [1.82, 2.24) is 5.32 Å². The molecule has 0 saturated heterocycles. The lowest BCUT2D eigenvalue weighted by molar-refractivity contribution is 0.228. The molecule has 3 nitrogen and oxygen atoms in total. The van der Waals surface area contributed by atoms with Crippen molar-refractivity contribution in [1.29, 1.82) is 0 Å². The topological polar surface area (TPSA) is 47.3 Å². The first-order valence-corrected chi connectivity index (χ1v) is 8.38. The van der Waals surface area contributed by atoms with Gasteiger partial charge in [0.05, 0.1) is 7.11 Å². The Kier molecular flexibility index (Phi) is 4.51. The Bertz CT molecular complexity index is 482. The zero-order chi connectivity index (χ0) is 14.7. The third-order valence-electron chi connectivity index (χ3n) is 5.32. The molecular weight excluding hydrogens is 260 g/mol. The van der Waals surface area contributed by atoms with Gasteiger partial charge in [0.25, 0.3) is 0 Å². The van der Waals surface area contributed by atoms with Crippen LogP contribution < -0.4 is 15.8 Å². The molecule has 3 rings (SSSR count). The molecule has 116 valence electrons. The van der Waals surface area contributed by atoms with Gasteiger partial charge in [-0.15, -0.1) is 0 Å². The maximum absolute atomic E-state index is 6.19. The molecule has 1 fully saturated rings. The number of hydrogen-bond acceptors (Lipinski definition) is 3. The SMILES string of the molecule is COc1ccc2c(c1)CC(CN)(NC1CCCCC1)CC2. The van der Waals surface area contributed by atoms with Gasteiger partial charge in [-0.2, -0.15) is 0 Å². The van der Waals surface area contributed by atoms with Crippen molar-refractivity contribution in [3.8, 4) is 5.75 Å². The van der Waals surface area contributed by atoms with Gasteiger partial charge < -0.3 is 15.8 Å². The van der Waals surface area contributed by atoms with Crippen LogP contribution in [0.15, 0.2) is 18.2 Å². The fraction of sp³-hybridized carbons (Fsp3) is 0.667.